The predicted octanol–water partition coefficient (Wildman–Crippen LogP) is 1.62. The largest absolute Gasteiger partial charge is 0.507 e. The second-order valence-corrected chi connectivity index (χ2v) is 3.52. The number of rotatable bonds is 2. The summed E-state index contributed by atoms with van der Waals surface area (Å²) in [5.41, 5.74) is 5.55. The van der Waals surface area contributed by atoms with Gasteiger partial charge in [-0.1, -0.05) is 18.2 Å². The van der Waals surface area contributed by atoms with Gasteiger partial charge in [-0.3, -0.25) is 0 Å². The molecule has 0 unspecified atom stereocenters. The van der Waals surface area contributed by atoms with E-state index in [1.54, 1.807) is 0 Å². The molecule has 0 saturated heterocycles. The van der Waals surface area contributed by atoms with Crippen LogP contribution in [0.2, 0.25) is 0 Å². The normalized spacial score (nSPS) is 15.9. The number of hydrogen-bond donors (Lipinski definition) is 3. The van der Waals surface area contributed by atoms with Crippen LogP contribution in [0.15, 0.2) is 18.2 Å². The van der Waals surface area contributed by atoms with E-state index in [-0.39, 0.29) is 11.3 Å². The SMILES string of the molecule is Cc1cccc([C@@H](N)[C@@H](O)C(F)(F)F)c1O. The molecule has 6 heteroatoms. The van der Waals surface area contributed by atoms with Crippen LogP contribution >= 0.6 is 0 Å². The molecule has 0 bridgehead atoms. The van der Waals surface area contributed by atoms with Crippen LogP contribution in [0.4, 0.5) is 13.2 Å². The first-order valence-corrected chi connectivity index (χ1v) is 4.54. The van der Waals surface area contributed by atoms with Crippen LogP contribution in [0.1, 0.15) is 17.2 Å². The van der Waals surface area contributed by atoms with E-state index >= 15 is 0 Å². The Morgan fingerprint density at radius 2 is 1.88 bits per heavy atom. The smallest absolute Gasteiger partial charge is 0.416 e. The Balaban J connectivity index is 3.06. The molecule has 0 aliphatic carbocycles. The maximum Gasteiger partial charge on any atom is 0.416 e. The summed E-state index contributed by atoms with van der Waals surface area (Å²) in [6.07, 6.45) is -7.50. The number of halogens is 3. The molecule has 0 aromatic heterocycles. The fraction of sp³-hybridized carbons (Fsp3) is 0.400. The molecule has 0 saturated carbocycles. The zero-order valence-corrected chi connectivity index (χ0v) is 8.49. The molecule has 16 heavy (non-hydrogen) atoms. The third kappa shape index (κ3) is 2.45. The zero-order valence-electron chi connectivity index (χ0n) is 8.49. The lowest BCUT2D eigenvalue weighted by Crippen LogP contribution is -2.38. The second-order valence-electron chi connectivity index (χ2n) is 3.52. The van der Waals surface area contributed by atoms with E-state index in [0.29, 0.717) is 5.56 Å². The highest BCUT2D eigenvalue weighted by Crippen LogP contribution is 2.33. The Labute approximate surface area is 90.3 Å². The third-order valence-electron chi connectivity index (χ3n) is 2.30. The van der Waals surface area contributed by atoms with Gasteiger partial charge in [0.25, 0.3) is 0 Å². The van der Waals surface area contributed by atoms with E-state index in [4.69, 9.17) is 10.8 Å². The fourth-order valence-corrected chi connectivity index (χ4v) is 1.32. The molecular formula is C10H12F3NO2. The predicted molar refractivity (Wildman–Crippen MR) is 51.8 cm³/mol. The summed E-state index contributed by atoms with van der Waals surface area (Å²) in [7, 11) is 0. The highest BCUT2D eigenvalue weighted by molar-refractivity contribution is 5.41. The van der Waals surface area contributed by atoms with Crippen molar-refractivity contribution in [3.05, 3.63) is 29.3 Å². The topological polar surface area (TPSA) is 66.5 Å². The van der Waals surface area contributed by atoms with Crippen molar-refractivity contribution in [1.82, 2.24) is 0 Å². The van der Waals surface area contributed by atoms with Crippen molar-refractivity contribution >= 4 is 0 Å². The van der Waals surface area contributed by atoms with Gasteiger partial charge in [0, 0.05) is 5.56 Å². The molecule has 0 amide bonds. The highest BCUT2D eigenvalue weighted by Gasteiger charge is 2.43. The summed E-state index contributed by atoms with van der Waals surface area (Å²) in [5.74, 6) is -0.321. The molecule has 2 atom stereocenters. The minimum absolute atomic E-state index is 0.121. The summed E-state index contributed by atoms with van der Waals surface area (Å²) in [6.45, 7) is 1.53. The number of aliphatic hydroxyl groups is 1. The number of aromatic hydroxyl groups is 1. The maximum absolute atomic E-state index is 12.2. The number of hydrogen-bond acceptors (Lipinski definition) is 3. The van der Waals surface area contributed by atoms with Crippen molar-refractivity contribution in [2.75, 3.05) is 0 Å². The highest BCUT2D eigenvalue weighted by atomic mass is 19.4. The summed E-state index contributed by atoms with van der Waals surface area (Å²) in [4.78, 5) is 0. The molecule has 1 aromatic rings. The number of aliphatic hydroxyl groups excluding tert-OH is 1. The van der Waals surface area contributed by atoms with E-state index in [1.807, 2.05) is 0 Å². The van der Waals surface area contributed by atoms with Crippen LogP contribution in [-0.4, -0.2) is 22.5 Å². The Hall–Kier alpha value is -1.27. The fourth-order valence-electron chi connectivity index (χ4n) is 1.32. The van der Waals surface area contributed by atoms with Crippen LogP contribution < -0.4 is 5.73 Å². The van der Waals surface area contributed by atoms with Crippen LogP contribution in [0.5, 0.6) is 5.75 Å². The van der Waals surface area contributed by atoms with Gasteiger partial charge >= 0.3 is 6.18 Å². The van der Waals surface area contributed by atoms with Crippen LogP contribution in [0, 0.1) is 6.92 Å². The quantitative estimate of drug-likeness (QED) is 0.729. The molecule has 0 aliphatic rings. The molecule has 0 aliphatic heterocycles. The lowest BCUT2D eigenvalue weighted by atomic mass is 9.99. The van der Waals surface area contributed by atoms with E-state index in [9.17, 15) is 18.3 Å². The molecule has 90 valence electrons. The van der Waals surface area contributed by atoms with Gasteiger partial charge in [0.1, 0.15) is 5.75 Å². The Bertz CT molecular complexity index is 379. The molecular weight excluding hydrogens is 223 g/mol. The minimum atomic E-state index is -4.81. The number of phenols is 1. The van der Waals surface area contributed by atoms with Crippen LogP contribution in [0.25, 0.3) is 0 Å². The lowest BCUT2D eigenvalue weighted by Gasteiger charge is -2.22. The molecule has 1 rings (SSSR count). The van der Waals surface area contributed by atoms with Gasteiger partial charge in [-0.05, 0) is 12.5 Å². The first-order chi connectivity index (χ1) is 7.25. The Morgan fingerprint density at radius 3 is 2.38 bits per heavy atom. The van der Waals surface area contributed by atoms with Gasteiger partial charge in [0.2, 0.25) is 0 Å². The van der Waals surface area contributed by atoms with Gasteiger partial charge in [-0.2, -0.15) is 13.2 Å². The van der Waals surface area contributed by atoms with Gasteiger partial charge < -0.3 is 15.9 Å². The van der Waals surface area contributed by atoms with Crippen molar-refractivity contribution < 1.29 is 23.4 Å². The van der Waals surface area contributed by atoms with Crippen molar-refractivity contribution in [3.8, 4) is 5.75 Å². The first-order valence-electron chi connectivity index (χ1n) is 4.54. The van der Waals surface area contributed by atoms with Crippen molar-refractivity contribution in [2.24, 2.45) is 5.73 Å². The van der Waals surface area contributed by atoms with Crippen molar-refractivity contribution in [1.29, 1.82) is 0 Å². The number of para-hydroxylation sites is 1. The maximum atomic E-state index is 12.2. The first kappa shape index (κ1) is 12.8. The van der Waals surface area contributed by atoms with E-state index in [2.05, 4.69) is 0 Å². The average molecular weight is 235 g/mol. The van der Waals surface area contributed by atoms with E-state index in [0.717, 1.165) is 0 Å². The van der Waals surface area contributed by atoms with E-state index < -0.39 is 18.3 Å². The third-order valence-corrected chi connectivity index (χ3v) is 2.30. The summed E-state index contributed by atoms with van der Waals surface area (Å²) >= 11 is 0. The Kier molecular flexibility index (Phi) is 3.44. The summed E-state index contributed by atoms with van der Waals surface area (Å²) in [6, 6.07) is 2.56. The summed E-state index contributed by atoms with van der Waals surface area (Å²) in [5, 5.41) is 18.5. The number of aryl methyl sites for hydroxylation is 1. The lowest BCUT2D eigenvalue weighted by molar-refractivity contribution is -0.210. The molecule has 0 fully saturated rings. The number of benzene rings is 1. The molecule has 4 N–H and O–H groups in total. The van der Waals surface area contributed by atoms with Crippen molar-refractivity contribution in [3.63, 3.8) is 0 Å². The van der Waals surface area contributed by atoms with Gasteiger partial charge in [0.15, 0.2) is 6.10 Å². The minimum Gasteiger partial charge on any atom is -0.507 e. The van der Waals surface area contributed by atoms with Crippen molar-refractivity contribution in [2.45, 2.75) is 25.2 Å². The standard InChI is InChI=1S/C10H12F3NO2/c1-5-3-2-4-6(8(5)15)7(14)9(16)10(11,12)13/h2-4,7,9,15-16H,14H2,1H3/t7-,9-/m1/s1. The van der Waals surface area contributed by atoms with Crippen LogP contribution in [-0.2, 0) is 0 Å². The molecule has 0 spiro atoms. The Morgan fingerprint density at radius 1 is 1.31 bits per heavy atom. The van der Waals surface area contributed by atoms with Crippen LogP contribution in [0.3, 0.4) is 0 Å². The van der Waals surface area contributed by atoms with Gasteiger partial charge in [0.05, 0.1) is 6.04 Å². The summed E-state index contributed by atoms with van der Waals surface area (Å²) < 4.78 is 36.6. The zero-order chi connectivity index (χ0) is 12.5. The monoisotopic (exact) mass is 235 g/mol. The van der Waals surface area contributed by atoms with Gasteiger partial charge in [-0.25, -0.2) is 0 Å². The molecule has 1 aromatic carbocycles. The number of nitrogens with two attached hydrogens (primary N) is 1. The molecule has 0 radical (unpaired) electrons. The number of alkyl halides is 3. The number of phenolic OH excluding ortho intramolecular Hbond substituents is 1. The molecule has 3 nitrogen and oxygen atoms in total. The molecule has 0 heterocycles. The second kappa shape index (κ2) is 4.31. The van der Waals surface area contributed by atoms with Gasteiger partial charge in [-0.15, -0.1) is 0 Å². The average Bonchev–Trinajstić information content (AvgIpc) is 2.18. The van der Waals surface area contributed by atoms with E-state index in [1.165, 1.54) is 25.1 Å².